The first-order chi connectivity index (χ1) is 8.33. The summed E-state index contributed by atoms with van der Waals surface area (Å²) in [5.41, 5.74) is 1.36. The highest BCUT2D eigenvalue weighted by Crippen LogP contribution is 2.28. The van der Waals surface area contributed by atoms with Gasteiger partial charge in [0.2, 0.25) is 0 Å². The van der Waals surface area contributed by atoms with Crippen LogP contribution in [0.4, 0.5) is 0 Å². The monoisotopic (exact) mass is 232 g/mol. The van der Waals surface area contributed by atoms with Gasteiger partial charge in [-0.2, -0.15) is 0 Å². The summed E-state index contributed by atoms with van der Waals surface area (Å²) in [6, 6.07) is 9.02. The van der Waals surface area contributed by atoms with Crippen molar-refractivity contribution < 1.29 is 4.74 Å². The number of nitrogens with one attached hydrogen (secondary N) is 1. The first-order valence-electron chi connectivity index (χ1n) is 6.52. The van der Waals surface area contributed by atoms with E-state index in [1.165, 1.54) is 5.56 Å². The molecule has 92 valence electrons. The van der Waals surface area contributed by atoms with Gasteiger partial charge in [-0.15, -0.1) is 0 Å². The number of fused-ring (bicyclic) bond motifs is 1. The summed E-state index contributed by atoms with van der Waals surface area (Å²) in [6.45, 7) is 6.67. The summed E-state index contributed by atoms with van der Waals surface area (Å²) < 4.78 is 6.00. The lowest BCUT2D eigenvalue weighted by atomic mass is 10.1. The first-order valence-corrected chi connectivity index (χ1v) is 6.52. The van der Waals surface area contributed by atoms with Gasteiger partial charge < -0.3 is 10.1 Å². The second-order valence-corrected chi connectivity index (χ2v) is 5.10. The van der Waals surface area contributed by atoms with Crippen LogP contribution in [0.2, 0.25) is 0 Å². The van der Waals surface area contributed by atoms with E-state index in [1.807, 2.05) is 0 Å². The third-order valence-electron chi connectivity index (χ3n) is 3.79. The van der Waals surface area contributed by atoms with E-state index in [0.29, 0.717) is 12.1 Å². The second-order valence-electron chi connectivity index (χ2n) is 5.10. The molecule has 0 saturated carbocycles. The van der Waals surface area contributed by atoms with E-state index in [-0.39, 0.29) is 0 Å². The van der Waals surface area contributed by atoms with Crippen LogP contribution in [0, 0.1) is 0 Å². The molecule has 0 radical (unpaired) electrons. The second kappa shape index (κ2) is 4.67. The van der Waals surface area contributed by atoms with Crippen LogP contribution >= 0.6 is 0 Å². The Morgan fingerprint density at radius 1 is 1.41 bits per heavy atom. The first kappa shape index (κ1) is 11.1. The van der Waals surface area contributed by atoms with Crippen molar-refractivity contribution in [2.75, 3.05) is 26.2 Å². The Hall–Kier alpha value is -1.06. The lowest BCUT2D eigenvalue weighted by Crippen LogP contribution is -2.52. The predicted octanol–water partition coefficient (Wildman–Crippen LogP) is 1.28. The molecule has 0 aliphatic carbocycles. The van der Waals surface area contributed by atoms with Gasteiger partial charge in [0.15, 0.2) is 0 Å². The molecule has 3 nitrogen and oxygen atoms in total. The zero-order chi connectivity index (χ0) is 11.7. The van der Waals surface area contributed by atoms with E-state index >= 15 is 0 Å². The van der Waals surface area contributed by atoms with Crippen molar-refractivity contribution in [3.63, 3.8) is 0 Å². The van der Waals surface area contributed by atoms with Crippen molar-refractivity contribution in [2.45, 2.75) is 25.5 Å². The molecule has 2 heterocycles. The normalized spacial score (nSPS) is 28.8. The van der Waals surface area contributed by atoms with Crippen molar-refractivity contribution in [3.8, 4) is 5.75 Å². The molecule has 2 atom stereocenters. The number of nitrogens with zero attached hydrogens (tertiary/aromatic N) is 1. The van der Waals surface area contributed by atoms with Gasteiger partial charge in [0.05, 0.1) is 0 Å². The number of benzene rings is 1. The van der Waals surface area contributed by atoms with Crippen molar-refractivity contribution in [3.05, 3.63) is 29.8 Å². The number of hydrogen-bond acceptors (Lipinski definition) is 3. The zero-order valence-corrected chi connectivity index (χ0v) is 10.4. The molecule has 0 aromatic heterocycles. The summed E-state index contributed by atoms with van der Waals surface area (Å²) in [6.07, 6.45) is 1.40. The molecule has 1 aromatic carbocycles. The Kier molecular flexibility index (Phi) is 3.04. The van der Waals surface area contributed by atoms with Gasteiger partial charge in [-0.05, 0) is 18.6 Å². The molecule has 1 aromatic rings. The summed E-state index contributed by atoms with van der Waals surface area (Å²) >= 11 is 0. The van der Waals surface area contributed by atoms with Crippen LogP contribution in [0.3, 0.4) is 0 Å². The molecule has 1 fully saturated rings. The van der Waals surface area contributed by atoms with Crippen molar-refractivity contribution in [1.82, 2.24) is 10.2 Å². The lowest BCUT2D eigenvalue weighted by Gasteiger charge is -2.35. The smallest absolute Gasteiger partial charge is 0.123 e. The van der Waals surface area contributed by atoms with Gasteiger partial charge >= 0.3 is 0 Å². The van der Waals surface area contributed by atoms with Crippen LogP contribution < -0.4 is 10.1 Å². The predicted molar refractivity (Wildman–Crippen MR) is 68.5 cm³/mol. The van der Waals surface area contributed by atoms with Gasteiger partial charge in [-0.3, -0.25) is 4.90 Å². The van der Waals surface area contributed by atoms with Gasteiger partial charge in [0.1, 0.15) is 11.9 Å². The standard InChI is InChI=1S/C14H20N2O/c1-11-9-15-6-7-16(11)10-13-8-12-4-2-3-5-14(12)17-13/h2-5,11,13,15H,6-10H2,1H3/t11-,13?/m0/s1. The number of rotatable bonds is 2. The number of hydrogen-bond donors (Lipinski definition) is 1. The van der Waals surface area contributed by atoms with E-state index < -0.39 is 0 Å². The molecule has 1 saturated heterocycles. The molecule has 3 rings (SSSR count). The highest BCUT2D eigenvalue weighted by molar-refractivity contribution is 5.37. The van der Waals surface area contributed by atoms with Gasteiger partial charge in [-0.1, -0.05) is 18.2 Å². The van der Waals surface area contributed by atoms with E-state index in [0.717, 1.165) is 38.3 Å². The number of para-hydroxylation sites is 1. The Balaban J connectivity index is 1.61. The minimum absolute atomic E-state index is 0.341. The summed E-state index contributed by atoms with van der Waals surface area (Å²) in [7, 11) is 0. The molecular weight excluding hydrogens is 212 g/mol. The van der Waals surface area contributed by atoms with Crippen LogP contribution in [-0.2, 0) is 6.42 Å². The average molecular weight is 232 g/mol. The van der Waals surface area contributed by atoms with Crippen LogP contribution in [0.25, 0.3) is 0 Å². The topological polar surface area (TPSA) is 24.5 Å². The minimum atomic E-state index is 0.341. The van der Waals surface area contributed by atoms with E-state index in [1.54, 1.807) is 0 Å². The Labute approximate surface area is 103 Å². The molecule has 0 bridgehead atoms. The lowest BCUT2D eigenvalue weighted by molar-refractivity contribution is 0.106. The van der Waals surface area contributed by atoms with Crippen LogP contribution in [0.5, 0.6) is 5.75 Å². The molecule has 0 amide bonds. The summed E-state index contributed by atoms with van der Waals surface area (Å²) in [5, 5.41) is 3.42. The number of piperazine rings is 1. The van der Waals surface area contributed by atoms with E-state index in [4.69, 9.17) is 4.74 Å². The Bertz CT molecular complexity index is 369. The van der Waals surface area contributed by atoms with Crippen molar-refractivity contribution >= 4 is 0 Å². The van der Waals surface area contributed by atoms with Crippen LogP contribution in [0.1, 0.15) is 12.5 Å². The fourth-order valence-corrected chi connectivity index (χ4v) is 2.77. The maximum absolute atomic E-state index is 6.00. The van der Waals surface area contributed by atoms with Crippen LogP contribution in [-0.4, -0.2) is 43.2 Å². The van der Waals surface area contributed by atoms with Crippen molar-refractivity contribution in [1.29, 1.82) is 0 Å². The molecular formula is C14H20N2O. The molecule has 2 aliphatic rings. The SMILES string of the molecule is C[C@H]1CNCCN1CC1Cc2ccccc2O1. The highest BCUT2D eigenvalue weighted by atomic mass is 16.5. The maximum Gasteiger partial charge on any atom is 0.123 e. The van der Waals surface area contributed by atoms with E-state index in [9.17, 15) is 0 Å². The third-order valence-corrected chi connectivity index (χ3v) is 3.79. The fourth-order valence-electron chi connectivity index (χ4n) is 2.77. The molecule has 1 N–H and O–H groups in total. The average Bonchev–Trinajstić information content (AvgIpc) is 2.74. The quantitative estimate of drug-likeness (QED) is 0.831. The summed E-state index contributed by atoms with van der Waals surface area (Å²) in [4.78, 5) is 2.53. The van der Waals surface area contributed by atoms with Gasteiger partial charge in [-0.25, -0.2) is 0 Å². The Morgan fingerprint density at radius 3 is 3.12 bits per heavy atom. The molecule has 0 spiro atoms. The largest absolute Gasteiger partial charge is 0.488 e. The maximum atomic E-state index is 6.00. The molecule has 17 heavy (non-hydrogen) atoms. The third kappa shape index (κ3) is 2.31. The molecule has 1 unspecified atom stereocenters. The van der Waals surface area contributed by atoms with Gasteiger partial charge in [0, 0.05) is 38.6 Å². The van der Waals surface area contributed by atoms with Crippen molar-refractivity contribution in [2.24, 2.45) is 0 Å². The zero-order valence-electron chi connectivity index (χ0n) is 10.4. The fraction of sp³-hybridized carbons (Fsp3) is 0.571. The van der Waals surface area contributed by atoms with Gasteiger partial charge in [0.25, 0.3) is 0 Å². The summed E-state index contributed by atoms with van der Waals surface area (Å²) in [5.74, 6) is 1.08. The number of ether oxygens (including phenoxy) is 1. The minimum Gasteiger partial charge on any atom is -0.488 e. The Morgan fingerprint density at radius 2 is 2.29 bits per heavy atom. The highest BCUT2D eigenvalue weighted by Gasteiger charge is 2.27. The molecule has 3 heteroatoms. The molecule has 2 aliphatic heterocycles. The van der Waals surface area contributed by atoms with Crippen LogP contribution in [0.15, 0.2) is 24.3 Å². The van der Waals surface area contributed by atoms with E-state index in [2.05, 4.69) is 41.4 Å².